The zero-order valence-electron chi connectivity index (χ0n) is 16.5. The summed E-state index contributed by atoms with van der Waals surface area (Å²) in [6.45, 7) is 0. The number of halogens is 3. The Morgan fingerprint density at radius 2 is 1.73 bits per heavy atom. The Balaban J connectivity index is 2.07. The molecule has 0 aliphatic rings. The molecule has 9 nitrogen and oxygen atoms in total. The fourth-order valence-corrected chi connectivity index (χ4v) is 5.28. The zero-order chi connectivity index (χ0) is 24.6. The number of carbonyl (C=O) groups excluding carboxylic acids is 1. The molecule has 0 aliphatic heterocycles. The average molecular weight is 525 g/mol. The molecule has 15 heteroatoms. The van der Waals surface area contributed by atoms with Gasteiger partial charge in [0, 0.05) is 4.70 Å². The highest BCUT2D eigenvalue weighted by atomic mass is 32.2. The van der Waals surface area contributed by atoms with Gasteiger partial charge in [-0.15, -0.1) is 11.3 Å². The van der Waals surface area contributed by atoms with Crippen molar-refractivity contribution in [3.8, 4) is 5.75 Å². The topological polar surface area (TPSA) is 130 Å². The highest BCUT2D eigenvalue weighted by Gasteiger charge is 2.48. The molecule has 3 aromatic rings. The molecule has 0 spiro atoms. The van der Waals surface area contributed by atoms with Gasteiger partial charge in [0.2, 0.25) is 10.0 Å². The van der Waals surface area contributed by atoms with Crippen molar-refractivity contribution in [2.45, 2.75) is 11.6 Å². The summed E-state index contributed by atoms with van der Waals surface area (Å²) in [6, 6.07) is 8.29. The van der Waals surface area contributed by atoms with E-state index in [1.54, 1.807) is 17.5 Å². The zero-order valence-corrected chi connectivity index (χ0v) is 18.9. The normalized spacial score (nSPS) is 13.5. The lowest BCUT2D eigenvalue weighted by Crippen LogP contribution is -2.42. The third kappa shape index (κ3) is 5.21. The fraction of sp³-hybridized carbons (Fsp3) is 0.167. The number of hydroxylamine groups is 1. The van der Waals surface area contributed by atoms with Gasteiger partial charge in [-0.25, -0.2) is 13.9 Å². The van der Waals surface area contributed by atoms with Crippen LogP contribution in [0.5, 0.6) is 5.75 Å². The Bertz CT molecular complexity index is 1390. The van der Waals surface area contributed by atoms with Crippen molar-refractivity contribution < 1.29 is 44.2 Å². The van der Waals surface area contributed by atoms with Crippen molar-refractivity contribution in [3.63, 3.8) is 0 Å². The van der Waals surface area contributed by atoms with Gasteiger partial charge in [-0.1, -0.05) is 12.1 Å². The molecule has 0 fully saturated rings. The number of nitrogens with one attached hydrogen (secondary N) is 1. The van der Waals surface area contributed by atoms with E-state index in [1.165, 1.54) is 28.9 Å². The van der Waals surface area contributed by atoms with Crippen LogP contribution in [0, 0.1) is 0 Å². The summed E-state index contributed by atoms with van der Waals surface area (Å²) in [5.41, 5.74) is -4.29. The van der Waals surface area contributed by atoms with Crippen molar-refractivity contribution in [3.05, 3.63) is 59.5 Å². The molecule has 0 aliphatic carbocycles. The lowest BCUT2D eigenvalue weighted by Gasteiger charge is -2.30. The van der Waals surface area contributed by atoms with Crippen molar-refractivity contribution in [1.29, 1.82) is 0 Å². The summed E-state index contributed by atoms with van der Waals surface area (Å²) in [6.07, 6.45) is 0.829. The number of anilines is 1. The number of rotatable bonds is 7. The van der Waals surface area contributed by atoms with Crippen molar-refractivity contribution in [1.82, 2.24) is 5.48 Å². The van der Waals surface area contributed by atoms with Crippen LogP contribution in [0.1, 0.15) is 11.6 Å². The van der Waals surface area contributed by atoms with E-state index in [0.717, 1.165) is 39.5 Å². The maximum atomic E-state index is 12.6. The fourth-order valence-electron chi connectivity index (χ4n) is 2.96. The van der Waals surface area contributed by atoms with E-state index in [0.29, 0.717) is 5.39 Å². The van der Waals surface area contributed by atoms with Gasteiger partial charge >= 0.3 is 15.6 Å². The average Bonchev–Trinajstić information content (AvgIpc) is 3.18. The predicted octanol–water partition coefficient (Wildman–Crippen LogP) is 3.14. The van der Waals surface area contributed by atoms with Gasteiger partial charge in [-0.2, -0.15) is 21.6 Å². The Morgan fingerprint density at radius 3 is 2.27 bits per heavy atom. The molecule has 1 amide bonds. The SMILES string of the molecule is CS(=O)(=O)N(c1ccc2sccc2c1)[C@@H](C(=O)NO)c1ccc(OS(=O)(=O)C(F)(F)F)cc1. The lowest BCUT2D eigenvalue weighted by molar-refractivity contribution is -0.130. The van der Waals surface area contributed by atoms with Gasteiger partial charge in [-0.3, -0.25) is 14.3 Å². The first kappa shape index (κ1) is 24.8. The number of thiophene rings is 1. The first-order valence-corrected chi connectivity index (χ1v) is 12.9. The Kier molecular flexibility index (Phi) is 6.61. The molecule has 0 unspecified atom stereocenters. The van der Waals surface area contributed by atoms with Gasteiger partial charge in [0.15, 0.2) is 6.04 Å². The van der Waals surface area contributed by atoms with E-state index in [2.05, 4.69) is 4.18 Å². The van der Waals surface area contributed by atoms with Crippen LogP contribution in [0.3, 0.4) is 0 Å². The van der Waals surface area contributed by atoms with E-state index in [1.807, 2.05) is 0 Å². The largest absolute Gasteiger partial charge is 0.534 e. The Labute approximate surface area is 190 Å². The van der Waals surface area contributed by atoms with Crippen LogP contribution in [0.15, 0.2) is 53.9 Å². The third-order valence-electron chi connectivity index (χ3n) is 4.33. The quantitative estimate of drug-likeness (QED) is 0.210. The molecular formula is C18H15F3N2O7S3. The molecule has 178 valence electrons. The van der Waals surface area contributed by atoms with Gasteiger partial charge in [-0.05, 0) is 52.7 Å². The summed E-state index contributed by atoms with van der Waals surface area (Å²) >= 11 is 1.41. The molecule has 0 bridgehead atoms. The van der Waals surface area contributed by atoms with Crippen LogP contribution < -0.4 is 14.0 Å². The molecule has 0 saturated heterocycles. The minimum Gasteiger partial charge on any atom is -0.376 e. The number of fused-ring (bicyclic) bond motifs is 1. The minimum absolute atomic E-state index is 0.0805. The first-order chi connectivity index (χ1) is 15.2. The molecule has 1 heterocycles. The smallest absolute Gasteiger partial charge is 0.376 e. The van der Waals surface area contributed by atoms with Gasteiger partial charge in [0.1, 0.15) is 5.75 Å². The summed E-state index contributed by atoms with van der Waals surface area (Å²) in [5.74, 6) is -1.88. The second-order valence-electron chi connectivity index (χ2n) is 6.63. The summed E-state index contributed by atoms with van der Waals surface area (Å²) in [7, 11) is -10.1. The van der Waals surface area contributed by atoms with Crippen LogP contribution in [0.4, 0.5) is 18.9 Å². The first-order valence-electron chi connectivity index (χ1n) is 8.76. The highest BCUT2D eigenvalue weighted by Crippen LogP contribution is 2.35. The second-order valence-corrected chi connectivity index (χ2v) is 11.0. The van der Waals surface area contributed by atoms with Crippen LogP contribution >= 0.6 is 11.3 Å². The number of benzene rings is 2. The van der Waals surface area contributed by atoms with Crippen LogP contribution in [-0.2, 0) is 24.9 Å². The molecule has 3 rings (SSSR count). The molecule has 0 saturated carbocycles. The third-order valence-corrected chi connectivity index (χ3v) is 7.34. The monoisotopic (exact) mass is 524 g/mol. The number of hydrogen-bond donors (Lipinski definition) is 2. The standard InChI is InChI=1S/C18H15F3N2O7S3/c1-32(26,27)23(13-4-7-15-12(10-13)8-9-31-15)16(17(24)22-25)11-2-5-14(6-3-11)30-33(28,29)18(19,20)21/h2-10,16,25H,1H3,(H,22,24)/t16-/m1/s1. The van der Waals surface area contributed by atoms with E-state index < -0.39 is 43.3 Å². The van der Waals surface area contributed by atoms with Crippen LogP contribution in [0.25, 0.3) is 10.1 Å². The minimum atomic E-state index is -5.93. The predicted molar refractivity (Wildman–Crippen MR) is 114 cm³/mol. The second kappa shape index (κ2) is 8.81. The Morgan fingerprint density at radius 1 is 1.09 bits per heavy atom. The van der Waals surface area contributed by atoms with Crippen LogP contribution in [-0.4, -0.2) is 39.7 Å². The van der Waals surface area contributed by atoms with E-state index in [-0.39, 0.29) is 11.3 Å². The van der Waals surface area contributed by atoms with E-state index in [9.17, 15) is 40.0 Å². The number of hydrogen-bond acceptors (Lipinski definition) is 8. The van der Waals surface area contributed by atoms with Crippen molar-refractivity contribution in [2.24, 2.45) is 0 Å². The van der Waals surface area contributed by atoms with Gasteiger partial charge < -0.3 is 4.18 Å². The molecule has 1 aromatic heterocycles. The van der Waals surface area contributed by atoms with Crippen molar-refractivity contribution >= 4 is 53.2 Å². The van der Waals surface area contributed by atoms with Crippen LogP contribution in [0.2, 0.25) is 0 Å². The molecule has 33 heavy (non-hydrogen) atoms. The maximum Gasteiger partial charge on any atom is 0.534 e. The number of carbonyl (C=O) groups is 1. The molecular weight excluding hydrogens is 509 g/mol. The summed E-state index contributed by atoms with van der Waals surface area (Å²) in [4.78, 5) is 12.5. The summed E-state index contributed by atoms with van der Waals surface area (Å²) < 4.78 is 90.8. The lowest BCUT2D eigenvalue weighted by atomic mass is 10.1. The van der Waals surface area contributed by atoms with E-state index >= 15 is 0 Å². The number of alkyl halides is 3. The maximum absolute atomic E-state index is 12.6. The molecule has 1 atom stereocenters. The van der Waals surface area contributed by atoms with Gasteiger partial charge in [0.05, 0.1) is 11.9 Å². The number of amides is 1. The van der Waals surface area contributed by atoms with Gasteiger partial charge in [0.25, 0.3) is 5.91 Å². The summed E-state index contributed by atoms with van der Waals surface area (Å²) in [5, 5.41) is 11.7. The Hall–Kier alpha value is -2.88. The number of sulfonamides is 1. The molecule has 0 radical (unpaired) electrons. The molecule has 2 N–H and O–H groups in total. The van der Waals surface area contributed by atoms with E-state index in [4.69, 9.17) is 0 Å². The highest BCUT2D eigenvalue weighted by molar-refractivity contribution is 7.92. The number of nitrogens with zero attached hydrogens (tertiary/aromatic N) is 1. The van der Waals surface area contributed by atoms with Crippen molar-refractivity contribution in [2.75, 3.05) is 10.6 Å². The molecule has 2 aromatic carbocycles.